The molecule has 0 aliphatic rings. The Hall–Kier alpha value is -3.76. The van der Waals surface area contributed by atoms with Gasteiger partial charge in [0.15, 0.2) is 5.52 Å². The van der Waals surface area contributed by atoms with E-state index in [4.69, 9.17) is 0 Å². The van der Waals surface area contributed by atoms with Gasteiger partial charge >= 0.3 is 12.1 Å². The first-order valence-corrected chi connectivity index (χ1v) is 8.21. The number of nitrogens with zero attached hydrogens (tertiary/aromatic N) is 5. The quantitative estimate of drug-likeness (QED) is 0.478. The number of carbonyl (C=O) groups is 1. The Morgan fingerprint density at radius 2 is 1.93 bits per heavy atom. The van der Waals surface area contributed by atoms with Crippen molar-refractivity contribution in [2.45, 2.75) is 6.18 Å². The number of ether oxygens (including phenoxy) is 1. The van der Waals surface area contributed by atoms with E-state index in [-0.39, 0.29) is 22.4 Å². The van der Waals surface area contributed by atoms with Crippen molar-refractivity contribution in [3.8, 4) is 5.69 Å². The van der Waals surface area contributed by atoms with Crippen LogP contribution in [0.1, 0.15) is 16.1 Å². The maximum atomic E-state index is 13.2. The van der Waals surface area contributed by atoms with E-state index in [1.54, 1.807) is 7.05 Å². The molecule has 0 N–H and O–H groups in total. The molecule has 0 radical (unpaired) electrons. The molecule has 4 aromatic heterocycles. The molecule has 0 aliphatic heterocycles. The van der Waals surface area contributed by atoms with Crippen LogP contribution in [0.5, 0.6) is 0 Å². The van der Waals surface area contributed by atoms with E-state index in [1.165, 1.54) is 42.5 Å². The van der Waals surface area contributed by atoms with Crippen molar-refractivity contribution < 1.29 is 22.7 Å². The van der Waals surface area contributed by atoms with E-state index in [9.17, 15) is 22.8 Å². The molecule has 29 heavy (non-hydrogen) atoms. The SMILES string of the molecule is COC(=O)c1cncc(-n2c(=O)c3nn(C)cc3c3ccc(C(F)(F)F)nc32)c1. The molecule has 4 rings (SSSR count). The average Bonchev–Trinajstić information content (AvgIpc) is 3.09. The first-order valence-electron chi connectivity index (χ1n) is 8.21. The van der Waals surface area contributed by atoms with Gasteiger partial charge in [-0.1, -0.05) is 0 Å². The number of pyridine rings is 3. The van der Waals surface area contributed by atoms with Gasteiger partial charge in [-0.3, -0.25) is 19.0 Å². The van der Waals surface area contributed by atoms with E-state index in [0.29, 0.717) is 10.8 Å². The summed E-state index contributed by atoms with van der Waals surface area (Å²) >= 11 is 0. The number of alkyl halides is 3. The number of hydrogen-bond donors (Lipinski definition) is 0. The molecule has 148 valence electrons. The molecule has 4 aromatic rings. The van der Waals surface area contributed by atoms with E-state index in [1.807, 2.05) is 0 Å². The van der Waals surface area contributed by atoms with Gasteiger partial charge < -0.3 is 4.74 Å². The van der Waals surface area contributed by atoms with Crippen molar-refractivity contribution >= 4 is 27.9 Å². The fourth-order valence-corrected chi connectivity index (χ4v) is 3.05. The Morgan fingerprint density at radius 1 is 1.17 bits per heavy atom. The van der Waals surface area contributed by atoms with Gasteiger partial charge in [0.25, 0.3) is 5.56 Å². The summed E-state index contributed by atoms with van der Waals surface area (Å²) in [6.45, 7) is 0. The van der Waals surface area contributed by atoms with Crippen LogP contribution < -0.4 is 5.56 Å². The molecule has 0 aliphatic carbocycles. The standard InChI is InChI=1S/C18H12F3N5O3/c1-25-8-12-11-3-4-13(18(19,20)21)23-15(11)26(16(27)14(12)24-25)10-5-9(6-22-7-10)17(28)29-2/h3-8H,1-2H3. The third kappa shape index (κ3) is 3.00. The molecule has 0 amide bonds. The molecule has 0 spiro atoms. The first kappa shape index (κ1) is 18.6. The second-order valence-electron chi connectivity index (χ2n) is 6.19. The zero-order chi connectivity index (χ0) is 20.9. The second kappa shape index (κ2) is 6.40. The molecule has 8 nitrogen and oxygen atoms in total. The largest absolute Gasteiger partial charge is 0.465 e. The average molecular weight is 403 g/mol. The summed E-state index contributed by atoms with van der Waals surface area (Å²) in [6, 6.07) is 3.37. The third-order valence-electron chi connectivity index (χ3n) is 4.31. The van der Waals surface area contributed by atoms with E-state index in [2.05, 4.69) is 19.8 Å². The van der Waals surface area contributed by atoms with E-state index in [0.717, 1.165) is 10.6 Å². The molecule has 0 unspecified atom stereocenters. The molecular weight excluding hydrogens is 391 g/mol. The highest BCUT2D eigenvalue weighted by Gasteiger charge is 2.33. The van der Waals surface area contributed by atoms with Crippen molar-refractivity contribution in [1.29, 1.82) is 0 Å². The smallest absolute Gasteiger partial charge is 0.433 e. The lowest BCUT2D eigenvalue weighted by Crippen LogP contribution is -2.22. The zero-order valence-electron chi connectivity index (χ0n) is 15.1. The molecule has 0 bridgehead atoms. The van der Waals surface area contributed by atoms with Gasteiger partial charge in [0.05, 0.1) is 24.6 Å². The Labute approximate surface area is 160 Å². The van der Waals surface area contributed by atoms with Crippen molar-refractivity contribution in [3.63, 3.8) is 0 Å². The van der Waals surface area contributed by atoms with Gasteiger partial charge in [0.2, 0.25) is 0 Å². The summed E-state index contributed by atoms with van der Waals surface area (Å²) in [7, 11) is 2.76. The minimum absolute atomic E-state index is 0.0261. The summed E-state index contributed by atoms with van der Waals surface area (Å²) in [5.41, 5.74) is -1.94. The molecule has 0 fully saturated rings. The molecular formula is C18H12F3N5O3. The summed E-state index contributed by atoms with van der Waals surface area (Å²) < 4.78 is 46.7. The number of methoxy groups -OCH3 is 1. The number of fused-ring (bicyclic) bond motifs is 3. The molecule has 4 heterocycles. The Morgan fingerprint density at radius 3 is 2.62 bits per heavy atom. The highest BCUT2D eigenvalue weighted by molar-refractivity contribution is 6.03. The highest BCUT2D eigenvalue weighted by Crippen LogP contribution is 2.31. The maximum absolute atomic E-state index is 13.2. The number of aromatic nitrogens is 5. The number of esters is 1. The molecule has 11 heteroatoms. The maximum Gasteiger partial charge on any atom is 0.433 e. The van der Waals surface area contributed by atoms with Crippen LogP contribution in [-0.2, 0) is 18.0 Å². The number of carbonyl (C=O) groups excluding carboxylic acids is 1. The monoisotopic (exact) mass is 403 g/mol. The summed E-state index contributed by atoms with van der Waals surface area (Å²) in [5.74, 6) is -0.709. The lowest BCUT2D eigenvalue weighted by atomic mass is 10.1. The second-order valence-corrected chi connectivity index (χ2v) is 6.19. The number of hydrogen-bond acceptors (Lipinski definition) is 6. The highest BCUT2D eigenvalue weighted by atomic mass is 19.4. The Balaban J connectivity index is 2.14. The predicted octanol–water partition coefficient (Wildman–Crippen LogP) is 2.47. The van der Waals surface area contributed by atoms with Crippen LogP contribution in [-0.4, -0.2) is 37.4 Å². The first-order chi connectivity index (χ1) is 13.7. The van der Waals surface area contributed by atoms with Crippen molar-refractivity contribution in [2.75, 3.05) is 7.11 Å². The van der Waals surface area contributed by atoms with Crippen LogP contribution in [0.25, 0.3) is 27.6 Å². The lowest BCUT2D eigenvalue weighted by Gasteiger charge is -2.13. The number of halogens is 3. The summed E-state index contributed by atoms with van der Waals surface area (Å²) in [4.78, 5) is 32.5. The molecule has 0 saturated heterocycles. The van der Waals surface area contributed by atoms with Gasteiger partial charge in [-0.2, -0.15) is 18.3 Å². The van der Waals surface area contributed by atoms with Crippen molar-refractivity contribution in [2.24, 2.45) is 7.05 Å². The summed E-state index contributed by atoms with van der Waals surface area (Å²) in [6.07, 6.45) is -0.715. The number of aryl methyl sites for hydroxylation is 1. The van der Waals surface area contributed by atoms with Gasteiger partial charge in [-0.25, -0.2) is 9.78 Å². The van der Waals surface area contributed by atoms with Crippen LogP contribution in [0.15, 0.2) is 41.6 Å². The molecule has 0 saturated carbocycles. The van der Waals surface area contributed by atoms with E-state index < -0.39 is 23.4 Å². The predicted molar refractivity (Wildman–Crippen MR) is 95.7 cm³/mol. The van der Waals surface area contributed by atoms with Crippen LogP contribution in [0.3, 0.4) is 0 Å². The lowest BCUT2D eigenvalue weighted by molar-refractivity contribution is -0.141. The van der Waals surface area contributed by atoms with Gasteiger partial charge in [0, 0.05) is 30.2 Å². The molecule has 0 aromatic carbocycles. The van der Waals surface area contributed by atoms with Gasteiger partial charge in [0.1, 0.15) is 11.3 Å². The van der Waals surface area contributed by atoms with Crippen LogP contribution in [0.4, 0.5) is 13.2 Å². The van der Waals surface area contributed by atoms with Gasteiger partial charge in [-0.15, -0.1) is 0 Å². The fourth-order valence-electron chi connectivity index (χ4n) is 3.05. The zero-order valence-corrected chi connectivity index (χ0v) is 15.1. The number of rotatable bonds is 2. The van der Waals surface area contributed by atoms with Gasteiger partial charge in [-0.05, 0) is 18.2 Å². The van der Waals surface area contributed by atoms with Crippen molar-refractivity contribution in [3.05, 3.63) is 58.4 Å². The van der Waals surface area contributed by atoms with Crippen LogP contribution in [0, 0.1) is 0 Å². The van der Waals surface area contributed by atoms with Crippen LogP contribution >= 0.6 is 0 Å². The van der Waals surface area contributed by atoms with Crippen molar-refractivity contribution in [1.82, 2.24) is 24.3 Å². The third-order valence-corrected chi connectivity index (χ3v) is 4.31. The Kier molecular flexibility index (Phi) is 4.10. The van der Waals surface area contributed by atoms with E-state index >= 15 is 0 Å². The topological polar surface area (TPSA) is 91.9 Å². The normalized spacial score (nSPS) is 11.9. The minimum Gasteiger partial charge on any atom is -0.465 e. The van der Waals surface area contributed by atoms with Crippen LogP contribution in [0.2, 0.25) is 0 Å². The minimum atomic E-state index is -4.70. The molecule has 0 atom stereocenters. The summed E-state index contributed by atoms with van der Waals surface area (Å²) in [5, 5.41) is 4.77. The Bertz CT molecular complexity index is 1340. The fraction of sp³-hybridized carbons (Fsp3) is 0.167.